The lowest BCUT2D eigenvalue weighted by atomic mass is 9.79. The van der Waals surface area contributed by atoms with Crippen LogP contribution in [0.25, 0.3) is 0 Å². The Balaban J connectivity index is 1.39. The van der Waals surface area contributed by atoms with Crippen molar-refractivity contribution in [3.63, 3.8) is 0 Å². The van der Waals surface area contributed by atoms with Gasteiger partial charge in [0.1, 0.15) is 0 Å². The molecule has 19 heavy (non-hydrogen) atoms. The highest BCUT2D eigenvalue weighted by Gasteiger charge is 2.53. The number of hydrogen-bond donors (Lipinski definition) is 1. The van der Waals surface area contributed by atoms with Gasteiger partial charge in [0, 0.05) is 26.6 Å². The molecule has 0 aromatic carbocycles. The van der Waals surface area contributed by atoms with Gasteiger partial charge < -0.3 is 10.2 Å². The minimum atomic E-state index is 0.255. The van der Waals surface area contributed by atoms with Gasteiger partial charge in [-0.25, -0.2) is 0 Å². The molecule has 3 rings (SSSR count). The zero-order valence-corrected chi connectivity index (χ0v) is 12.4. The Hall–Kier alpha value is -0.570. The number of rotatable bonds is 5. The maximum absolute atomic E-state index is 11.5. The molecular formula is C16H28N2O. The molecule has 0 saturated heterocycles. The van der Waals surface area contributed by atoms with Crippen molar-refractivity contribution in [2.75, 3.05) is 20.6 Å². The fraction of sp³-hybridized carbons (Fsp3) is 0.938. The summed E-state index contributed by atoms with van der Waals surface area (Å²) in [6.45, 7) is 1.02. The molecule has 1 amide bonds. The summed E-state index contributed by atoms with van der Waals surface area (Å²) in [6, 6.07) is 0.763. The number of amides is 1. The number of carbonyl (C=O) groups excluding carboxylic acids is 1. The highest BCUT2D eigenvalue weighted by molar-refractivity contribution is 5.75. The van der Waals surface area contributed by atoms with Gasteiger partial charge in [-0.05, 0) is 62.3 Å². The topological polar surface area (TPSA) is 32.3 Å². The van der Waals surface area contributed by atoms with E-state index in [9.17, 15) is 4.79 Å². The normalized spacial score (nSPS) is 39.6. The molecule has 3 aliphatic rings. The second-order valence-corrected chi connectivity index (χ2v) is 7.11. The van der Waals surface area contributed by atoms with Crippen LogP contribution in [0.4, 0.5) is 0 Å². The average molecular weight is 264 g/mol. The Morgan fingerprint density at radius 2 is 1.95 bits per heavy atom. The minimum absolute atomic E-state index is 0.255. The van der Waals surface area contributed by atoms with Crippen molar-refractivity contribution in [1.29, 1.82) is 0 Å². The molecule has 0 heterocycles. The van der Waals surface area contributed by atoms with Crippen molar-refractivity contribution in [1.82, 2.24) is 10.2 Å². The molecule has 0 aromatic heterocycles. The second-order valence-electron chi connectivity index (χ2n) is 7.11. The molecule has 3 saturated carbocycles. The van der Waals surface area contributed by atoms with Crippen molar-refractivity contribution in [3.05, 3.63) is 0 Å². The van der Waals surface area contributed by atoms with Gasteiger partial charge in [0.25, 0.3) is 0 Å². The fourth-order valence-corrected chi connectivity index (χ4v) is 5.05. The summed E-state index contributed by atoms with van der Waals surface area (Å²) in [4.78, 5) is 13.2. The van der Waals surface area contributed by atoms with E-state index in [4.69, 9.17) is 0 Å². The van der Waals surface area contributed by atoms with Crippen molar-refractivity contribution < 1.29 is 4.79 Å². The molecule has 1 N–H and O–H groups in total. The van der Waals surface area contributed by atoms with Gasteiger partial charge in [-0.1, -0.05) is 6.42 Å². The third kappa shape index (κ3) is 2.54. The standard InChI is InChI=1S/C16H28N2O/c1-18(2)16(19)7-4-8-17-15-10-11-9-14(15)13-6-3-5-12(11)13/h11-15,17H,3-10H2,1-2H3/t11-,12-,13+,14+,15-/m1/s1. The van der Waals surface area contributed by atoms with Crippen molar-refractivity contribution >= 4 is 5.91 Å². The van der Waals surface area contributed by atoms with Gasteiger partial charge in [-0.2, -0.15) is 0 Å². The quantitative estimate of drug-likeness (QED) is 0.773. The molecule has 3 fully saturated rings. The third-order valence-corrected chi connectivity index (χ3v) is 5.90. The lowest BCUT2D eigenvalue weighted by molar-refractivity contribution is -0.128. The lowest BCUT2D eigenvalue weighted by Crippen LogP contribution is -2.40. The molecule has 2 bridgehead atoms. The Bertz CT molecular complexity index is 342. The lowest BCUT2D eigenvalue weighted by Gasteiger charge is -2.32. The van der Waals surface area contributed by atoms with E-state index in [2.05, 4.69) is 5.32 Å². The van der Waals surface area contributed by atoms with E-state index < -0.39 is 0 Å². The van der Waals surface area contributed by atoms with Crippen LogP contribution in [0.2, 0.25) is 0 Å². The van der Waals surface area contributed by atoms with Gasteiger partial charge in [-0.3, -0.25) is 4.79 Å². The molecule has 108 valence electrons. The molecule has 0 spiro atoms. The Morgan fingerprint density at radius 1 is 1.16 bits per heavy atom. The number of fused-ring (bicyclic) bond motifs is 5. The first-order chi connectivity index (χ1) is 9.16. The Kier molecular flexibility index (Phi) is 3.84. The fourth-order valence-electron chi connectivity index (χ4n) is 5.05. The number of carbonyl (C=O) groups is 1. The molecule has 0 aromatic rings. The smallest absolute Gasteiger partial charge is 0.222 e. The maximum atomic E-state index is 11.5. The summed E-state index contributed by atoms with van der Waals surface area (Å²) in [5, 5.41) is 3.75. The Labute approximate surface area is 117 Å². The molecule has 3 heteroatoms. The SMILES string of the molecule is CN(C)C(=O)CCCN[C@@H]1C[C@H]2C[C@H]1[C@H]1CCC[C@H]21. The van der Waals surface area contributed by atoms with E-state index in [1.165, 1.54) is 32.1 Å². The monoisotopic (exact) mass is 264 g/mol. The molecule has 0 unspecified atom stereocenters. The molecular weight excluding hydrogens is 236 g/mol. The number of nitrogens with zero attached hydrogens (tertiary/aromatic N) is 1. The van der Waals surface area contributed by atoms with Gasteiger partial charge in [0.05, 0.1) is 0 Å². The summed E-state index contributed by atoms with van der Waals surface area (Å²) < 4.78 is 0. The third-order valence-electron chi connectivity index (χ3n) is 5.90. The first-order valence-electron chi connectivity index (χ1n) is 8.10. The molecule has 3 nitrogen and oxygen atoms in total. The van der Waals surface area contributed by atoms with E-state index in [-0.39, 0.29) is 5.91 Å². The molecule has 3 aliphatic carbocycles. The molecule has 0 radical (unpaired) electrons. The van der Waals surface area contributed by atoms with Crippen LogP contribution in [-0.2, 0) is 4.79 Å². The van der Waals surface area contributed by atoms with E-state index >= 15 is 0 Å². The van der Waals surface area contributed by atoms with E-state index in [0.717, 1.165) is 42.7 Å². The van der Waals surface area contributed by atoms with Gasteiger partial charge in [-0.15, -0.1) is 0 Å². The molecule has 0 aliphatic heterocycles. The number of nitrogens with one attached hydrogen (secondary N) is 1. The molecule has 5 atom stereocenters. The minimum Gasteiger partial charge on any atom is -0.349 e. The van der Waals surface area contributed by atoms with Crippen LogP contribution in [0.1, 0.15) is 44.9 Å². The second kappa shape index (κ2) is 5.43. The summed E-state index contributed by atoms with van der Waals surface area (Å²) >= 11 is 0. The van der Waals surface area contributed by atoms with E-state index in [1.54, 1.807) is 4.90 Å². The van der Waals surface area contributed by atoms with Gasteiger partial charge in [0.2, 0.25) is 5.91 Å². The largest absolute Gasteiger partial charge is 0.349 e. The maximum Gasteiger partial charge on any atom is 0.222 e. The van der Waals surface area contributed by atoms with Crippen LogP contribution in [0, 0.1) is 23.7 Å². The van der Waals surface area contributed by atoms with Crippen LogP contribution >= 0.6 is 0 Å². The highest BCUT2D eigenvalue weighted by Crippen LogP contribution is 2.58. The van der Waals surface area contributed by atoms with Crippen LogP contribution in [0.15, 0.2) is 0 Å². The predicted molar refractivity (Wildman–Crippen MR) is 76.8 cm³/mol. The Morgan fingerprint density at radius 3 is 2.74 bits per heavy atom. The van der Waals surface area contributed by atoms with Crippen molar-refractivity contribution in [2.24, 2.45) is 23.7 Å². The van der Waals surface area contributed by atoms with Crippen LogP contribution in [-0.4, -0.2) is 37.5 Å². The van der Waals surface area contributed by atoms with Gasteiger partial charge >= 0.3 is 0 Å². The van der Waals surface area contributed by atoms with Crippen LogP contribution < -0.4 is 5.32 Å². The van der Waals surface area contributed by atoms with E-state index in [0.29, 0.717) is 6.42 Å². The first-order valence-corrected chi connectivity index (χ1v) is 8.10. The predicted octanol–water partition coefficient (Wildman–Crippen LogP) is 2.27. The van der Waals surface area contributed by atoms with E-state index in [1.807, 2.05) is 14.1 Å². The van der Waals surface area contributed by atoms with Crippen LogP contribution in [0.5, 0.6) is 0 Å². The summed E-state index contributed by atoms with van der Waals surface area (Å²) in [7, 11) is 3.68. The average Bonchev–Trinajstić information content (AvgIpc) is 3.05. The van der Waals surface area contributed by atoms with Gasteiger partial charge in [0.15, 0.2) is 0 Å². The zero-order chi connectivity index (χ0) is 13.4. The first kappa shape index (κ1) is 13.4. The summed E-state index contributed by atoms with van der Waals surface area (Å²) in [6.07, 6.45) is 9.05. The van der Waals surface area contributed by atoms with Crippen molar-refractivity contribution in [2.45, 2.75) is 51.0 Å². The van der Waals surface area contributed by atoms with Crippen LogP contribution in [0.3, 0.4) is 0 Å². The summed E-state index contributed by atoms with van der Waals surface area (Å²) in [5.74, 6) is 4.36. The number of hydrogen-bond acceptors (Lipinski definition) is 2. The van der Waals surface area contributed by atoms with Crippen molar-refractivity contribution in [3.8, 4) is 0 Å². The highest BCUT2D eigenvalue weighted by atomic mass is 16.2. The summed E-state index contributed by atoms with van der Waals surface area (Å²) in [5.41, 5.74) is 0. The zero-order valence-electron chi connectivity index (χ0n) is 12.4.